The van der Waals surface area contributed by atoms with Crippen LogP contribution < -0.4 is 5.32 Å². The number of hydrogen-bond donors (Lipinski definition) is 1. The summed E-state index contributed by atoms with van der Waals surface area (Å²) < 4.78 is 7.11. The minimum absolute atomic E-state index is 0. The lowest BCUT2D eigenvalue weighted by molar-refractivity contribution is 0.0342. The zero-order valence-electron chi connectivity index (χ0n) is 14.8. The van der Waals surface area contributed by atoms with E-state index >= 15 is 0 Å². The van der Waals surface area contributed by atoms with Gasteiger partial charge >= 0.3 is 0 Å². The van der Waals surface area contributed by atoms with Crippen LogP contribution in [-0.4, -0.2) is 41.0 Å². The van der Waals surface area contributed by atoms with Crippen molar-refractivity contribution in [1.82, 2.24) is 20.0 Å². The van der Waals surface area contributed by atoms with E-state index in [9.17, 15) is 0 Å². The van der Waals surface area contributed by atoms with Crippen LogP contribution >= 0.6 is 24.0 Å². The lowest BCUT2D eigenvalue weighted by Crippen LogP contribution is -2.35. The molecule has 2 aromatic rings. The fourth-order valence-electron chi connectivity index (χ4n) is 2.99. The molecule has 0 aliphatic carbocycles. The number of nitrogens with zero attached hydrogens (tertiary/aromatic N) is 3. The van der Waals surface area contributed by atoms with Crippen molar-refractivity contribution in [3.05, 3.63) is 51.8 Å². The maximum Gasteiger partial charge on any atom is 0.131 e. The average Bonchev–Trinajstić information content (AvgIpc) is 2.83. The number of rotatable bonds is 6. The van der Waals surface area contributed by atoms with E-state index in [0.717, 1.165) is 57.2 Å². The maximum atomic E-state index is 6.26. The summed E-state index contributed by atoms with van der Waals surface area (Å²) in [6.07, 6.45) is 0. The molecule has 1 aliphatic heterocycles. The first-order valence-corrected chi connectivity index (χ1v) is 8.78. The molecular weight excluding hydrogens is 359 g/mol. The van der Waals surface area contributed by atoms with Crippen LogP contribution in [0.2, 0.25) is 5.15 Å². The third-order valence-electron chi connectivity index (χ3n) is 4.43. The molecule has 0 unspecified atom stereocenters. The SMILES string of the molecule is Cc1nn(C)c(Cl)c1CNCc1ccc(CN2CCOCC2)cc1.Cl. The van der Waals surface area contributed by atoms with Gasteiger partial charge in [-0.15, -0.1) is 12.4 Å². The Labute approximate surface area is 160 Å². The Morgan fingerprint density at radius 2 is 1.76 bits per heavy atom. The number of morpholine rings is 1. The summed E-state index contributed by atoms with van der Waals surface area (Å²) >= 11 is 6.26. The normalized spacial score (nSPS) is 15.2. The lowest BCUT2D eigenvalue weighted by Gasteiger charge is -2.26. The number of benzene rings is 1. The highest BCUT2D eigenvalue weighted by atomic mass is 35.5. The molecule has 1 fully saturated rings. The van der Waals surface area contributed by atoms with Gasteiger partial charge in [-0.2, -0.15) is 5.10 Å². The first-order valence-electron chi connectivity index (χ1n) is 8.40. The van der Waals surface area contributed by atoms with Crippen molar-refractivity contribution in [1.29, 1.82) is 0 Å². The second-order valence-electron chi connectivity index (χ2n) is 6.29. The molecule has 0 amide bonds. The molecule has 5 nitrogen and oxygen atoms in total. The minimum atomic E-state index is 0. The molecule has 3 rings (SSSR count). The molecule has 0 spiro atoms. The number of ether oxygens (including phenoxy) is 1. The van der Waals surface area contributed by atoms with E-state index in [4.69, 9.17) is 16.3 Å². The van der Waals surface area contributed by atoms with Crippen LogP contribution in [-0.2, 0) is 31.4 Å². The standard InChI is InChI=1S/C18H25ClN4O.ClH/c1-14-17(18(19)22(2)21-14)12-20-11-15-3-5-16(6-4-15)13-23-7-9-24-10-8-23;/h3-6,20H,7-13H2,1-2H3;1H. The van der Waals surface area contributed by atoms with Gasteiger partial charge in [0, 0.05) is 45.3 Å². The number of aromatic nitrogens is 2. The van der Waals surface area contributed by atoms with E-state index in [1.54, 1.807) is 4.68 Å². The predicted octanol–water partition coefficient (Wildman–Crippen LogP) is 2.93. The first kappa shape index (κ1) is 20.2. The molecule has 1 aliphatic rings. The Bertz CT molecular complexity index is 666. The molecular formula is C18H26Cl2N4O. The fraction of sp³-hybridized carbons (Fsp3) is 0.500. The summed E-state index contributed by atoms with van der Waals surface area (Å²) in [5, 5.41) is 8.49. The molecule has 0 bridgehead atoms. The fourth-order valence-corrected chi connectivity index (χ4v) is 3.23. The Kier molecular flexibility index (Phi) is 7.72. The van der Waals surface area contributed by atoms with Crippen molar-refractivity contribution in [2.24, 2.45) is 7.05 Å². The summed E-state index contributed by atoms with van der Waals surface area (Å²) in [5.41, 5.74) is 4.68. The Morgan fingerprint density at radius 1 is 1.12 bits per heavy atom. The highest BCUT2D eigenvalue weighted by Crippen LogP contribution is 2.18. The second kappa shape index (κ2) is 9.55. The van der Waals surface area contributed by atoms with Gasteiger partial charge in [-0.25, -0.2) is 0 Å². The number of nitrogens with one attached hydrogen (secondary N) is 1. The molecule has 1 aromatic carbocycles. The molecule has 1 saturated heterocycles. The van der Waals surface area contributed by atoms with Crippen LogP contribution in [0, 0.1) is 6.92 Å². The Balaban J connectivity index is 0.00000225. The third kappa shape index (κ3) is 5.43. The second-order valence-corrected chi connectivity index (χ2v) is 6.64. The largest absolute Gasteiger partial charge is 0.379 e. The molecule has 0 saturated carbocycles. The topological polar surface area (TPSA) is 42.3 Å². The van der Waals surface area contributed by atoms with Gasteiger partial charge in [0.25, 0.3) is 0 Å². The van der Waals surface area contributed by atoms with Crippen LogP contribution in [0.15, 0.2) is 24.3 Å². The molecule has 25 heavy (non-hydrogen) atoms. The van der Waals surface area contributed by atoms with Crippen molar-refractivity contribution in [3.8, 4) is 0 Å². The van der Waals surface area contributed by atoms with Crippen LogP contribution in [0.25, 0.3) is 0 Å². The third-order valence-corrected chi connectivity index (χ3v) is 4.91. The smallest absolute Gasteiger partial charge is 0.131 e. The molecule has 2 heterocycles. The summed E-state index contributed by atoms with van der Waals surface area (Å²) in [6, 6.07) is 8.82. The van der Waals surface area contributed by atoms with E-state index in [0.29, 0.717) is 5.15 Å². The van der Waals surface area contributed by atoms with Crippen molar-refractivity contribution >= 4 is 24.0 Å². The van der Waals surface area contributed by atoms with E-state index < -0.39 is 0 Å². The quantitative estimate of drug-likeness (QED) is 0.831. The van der Waals surface area contributed by atoms with Crippen LogP contribution in [0.1, 0.15) is 22.4 Å². The summed E-state index contributed by atoms with van der Waals surface area (Å²) in [4.78, 5) is 2.43. The summed E-state index contributed by atoms with van der Waals surface area (Å²) in [6.45, 7) is 8.28. The van der Waals surface area contributed by atoms with Crippen molar-refractivity contribution in [3.63, 3.8) is 0 Å². The highest BCUT2D eigenvalue weighted by molar-refractivity contribution is 6.30. The molecule has 0 atom stereocenters. The van der Waals surface area contributed by atoms with Gasteiger partial charge in [-0.1, -0.05) is 35.9 Å². The van der Waals surface area contributed by atoms with E-state index in [-0.39, 0.29) is 12.4 Å². The Hall–Kier alpha value is -1.11. The number of hydrogen-bond acceptors (Lipinski definition) is 4. The van der Waals surface area contributed by atoms with Gasteiger partial charge in [-0.3, -0.25) is 9.58 Å². The first-order chi connectivity index (χ1) is 11.6. The average molecular weight is 385 g/mol. The van der Waals surface area contributed by atoms with Gasteiger partial charge < -0.3 is 10.1 Å². The zero-order valence-corrected chi connectivity index (χ0v) is 16.4. The predicted molar refractivity (Wildman–Crippen MR) is 103 cm³/mol. The van der Waals surface area contributed by atoms with E-state index in [1.165, 1.54) is 11.1 Å². The van der Waals surface area contributed by atoms with Crippen molar-refractivity contribution in [2.75, 3.05) is 26.3 Å². The summed E-state index contributed by atoms with van der Waals surface area (Å²) in [5.74, 6) is 0. The molecule has 1 N–H and O–H groups in total. The molecule has 138 valence electrons. The monoisotopic (exact) mass is 384 g/mol. The highest BCUT2D eigenvalue weighted by Gasteiger charge is 2.11. The van der Waals surface area contributed by atoms with Gasteiger partial charge in [0.15, 0.2) is 0 Å². The molecule has 7 heteroatoms. The zero-order chi connectivity index (χ0) is 16.9. The van der Waals surface area contributed by atoms with Crippen LogP contribution in [0.4, 0.5) is 0 Å². The molecule has 0 radical (unpaired) electrons. The lowest BCUT2D eigenvalue weighted by atomic mass is 10.1. The van der Waals surface area contributed by atoms with Gasteiger partial charge in [0.1, 0.15) is 5.15 Å². The van der Waals surface area contributed by atoms with E-state index in [1.807, 2.05) is 14.0 Å². The van der Waals surface area contributed by atoms with Crippen LogP contribution in [0.3, 0.4) is 0 Å². The van der Waals surface area contributed by atoms with Crippen molar-refractivity contribution in [2.45, 2.75) is 26.6 Å². The maximum absolute atomic E-state index is 6.26. The van der Waals surface area contributed by atoms with Gasteiger partial charge in [0.05, 0.1) is 18.9 Å². The van der Waals surface area contributed by atoms with Gasteiger partial charge in [0.2, 0.25) is 0 Å². The number of halogens is 2. The van der Waals surface area contributed by atoms with Crippen molar-refractivity contribution < 1.29 is 4.74 Å². The molecule has 1 aromatic heterocycles. The number of aryl methyl sites for hydroxylation is 2. The van der Waals surface area contributed by atoms with E-state index in [2.05, 4.69) is 39.6 Å². The van der Waals surface area contributed by atoms with Gasteiger partial charge in [-0.05, 0) is 18.1 Å². The minimum Gasteiger partial charge on any atom is -0.379 e. The summed E-state index contributed by atoms with van der Waals surface area (Å²) in [7, 11) is 1.87. The Morgan fingerprint density at radius 3 is 2.36 bits per heavy atom. The van der Waals surface area contributed by atoms with Crippen LogP contribution in [0.5, 0.6) is 0 Å².